The second kappa shape index (κ2) is 7.53. The normalized spacial score (nSPS) is 26.4. The number of nitrogens with zero attached hydrogens (tertiary/aromatic N) is 1. The van der Waals surface area contributed by atoms with Gasteiger partial charge in [0.2, 0.25) is 5.91 Å². The SMILES string of the molecule is CN(CCNC(=O)C1(C)CCNC1)C1CC1.Cl.Cl. The molecule has 2 aliphatic rings. The summed E-state index contributed by atoms with van der Waals surface area (Å²) in [5.41, 5.74) is -0.182. The molecule has 0 aromatic rings. The summed E-state index contributed by atoms with van der Waals surface area (Å²) in [6, 6.07) is 0.778. The fraction of sp³-hybridized carbons (Fsp3) is 0.917. The molecule has 0 bridgehead atoms. The second-order valence-electron chi connectivity index (χ2n) is 5.46. The Hall–Kier alpha value is -0.0300. The highest BCUT2D eigenvalue weighted by Gasteiger charge is 2.36. The summed E-state index contributed by atoms with van der Waals surface area (Å²) in [7, 11) is 2.14. The molecule has 108 valence electrons. The summed E-state index contributed by atoms with van der Waals surface area (Å²) in [6.45, 7) is 5.58. The first kappa shape index (κ1) is 18.0. The van der Waals surface area contributed by atoms with E-state index >= 15 is 0 Å². The van der Waals surface area contributed by atoms with Crippen LogP contribution < -0.4 is 10.6 Å². The highest BCUT2D eigenvalue weighted by atomic mass is 35.5. The van der Waals surface area contributed by atoms with Gasteiger partial charge in [-0.05, 0) is 39.8 Å². The summed E-state index contributed by atoms with van der Waals surface area (Å²) >= 11 is 0. The predicted octanol–water partition coefficient (Wildman–Crippen LogP) is 1.04. The van der Waals surface area contributed by atoms with Crippen molar-refractivity contribution in [2.24, 2.45) is 5.41 Å². The highest BCUT2D eigenvalue weighted by molar-refractivity contribution is 5.85. The van der Waals surface area contributed by atoms with Crippen molar-refractivity contribution in [2.75, 3.05) is 33.2 Å². The summed E-state index contributed by atoms with van der Waals surface area (Å²) in [5.74, 6) is 0.210. The molecule has 1 unspecified atom stereocenters. The van der Waals surface area contributed by atoms with E-state index in [0.29, 0.717) is 0 Å². The molecule has 1 aliphatic heterocycles. The number of carbonyl (C=O) groups is 1. The standard InChI is InChI=1S/C12H23N3O.2ClH/c1-12(5-6-13-9-12)11(16)14-7-8-15(2)10-3-4-10;;/h10,13H,3-9H2,1-2H3,(H,14,16);2*1H. The molecule has 1 saturated heterocycles. The summed E-state index contributed by atoms with van der Waals surface area (Å²) in [5, 5.41) is 6.31. The van der Waals surface area contributed by atoms with Crippen LogP contribution in [0.4, 0.5) is 0 Å². The van der Waals surface area contributed by atoms with Crippen LogP contribution in [0.5, 0.6) is 0 Å². The Bertz CT molecular complexity index is 266. The molecule has 1 amide bonds. The molecule has 18 heavy (non-hydrogen) atoms. The maximum absolute atomic E-state index is 12.0. The number of hydrogen-bond donors (Lipinski definition) is 2. The number of hydrogen-bond acceptors (Lipinski definition) is 3. The van der Waals surface area contributed by atoms with E-state index in [2.05, 4.69) is 22.6 Å². The summed E-state index contributed by atoms with van der Waals surface area (Å²) < 4.78 is 0. The maximum atomic E-state index is 12.0. The quantitative estimate of drug-likeness (QED) is 0.797. The van der Waals surface area contributed by atoms with Crippen LogP contribution in [0.2, 0.25) is 0 Å². The van der Waals surface area contributed by atoms with E-state index in [1.807, 2.05) is 6.92 Å². The fourth-order valence-corrected chi connectivity index (χ4v) is 2.27. The Morgan fingerprint density at radius 1 is 1.44 bits per heavy atom. The highest BCUT2D eigenvalue weighted by Crippen LogP contribution is 2.25. The van der Waals surface area contributed by atoms with Crippen molar-refractivity contribution in [1.29, 1.82) is 0 Å². The molecule has 4 nitrogen and oxygen atoms in total. The smallest absolute Gasteiger partial charge is 0.227 e. The Kier molecular flexibility index (Phi) is 7.52. The number of likely N-dealkylation sites (N-methyl/N-ethyl adjacent to an activating group) is 1. The van der Waals surface area contributed by atoms with Crippen LogP contribution in [0.15, 0.2) is 0 Å². The van der Waals surface area contributed by atoms with E-state index < -0.39 is 0 Å². The van der Waals surface area contributed by atoms with Crippen molar-refractivity contribution < 1.29 is 4.79 Å². The van der Waals surface area contributed by atoms with E-state index in [-0.39, 0.29) is 36.1 Å². The van der Waals surface area contributed by atoms with Gasteiger partial charge in [0, 0.05) is 25.7 Å². The lowest BCUT2D eigenvalue weighted by Crippen LogP contribution is -2.43. The molecular weight excluding hydrogens is 273 g/mol. The van der Waals surface area contributed by atoms with Crippen molar-refractivity contribution in [3.63, 3.8) is 0 Å². The largest absolute Gasteiger partial charge is 0.354 e. The molecule has 2 fully saturated rings. The zero-order chi connectivity index (χ0) is 11.6. The molecule has 0 aromatic heterocycles. The number of nitrogens with one attached hydrogen (secondary N) is 2. The topological polar surface area (TPSA) is 44.4 Å². The van der Waals surface area contributed by atoms with Gasteiger partial charge >= 0.3 is 0 Å². The zero-order valence-corrected chi connectivity index (χ0v) is 12.8. The lowest BCUT2D eigenvalue weighted by molar-refractivity contribution is -0.129. The van der Waals surface area contributed by atoms with Crippen molar-refractivity contribution in [1.82, 2.24) is 15.5 Å². The van der Waals surface area contributed by atoms with Gasteiger partial charge in [-0.25, -0.2) is 0 Å². The Labute approximate surface area is 122 Å². The second-order valence-corrected chi connectivity index (χ2v) is 5.46. The third-order valence-electron chi connectivity index (χ3n) is 3.84. The van der Waals surface area contributed by atoms with Gasteiger partial charge in [0.05, 0.1) is 5.41 Å². The Morgan fingerprint density at radius 3 is 2.61 bits per heavy atom. The minimum Gasteiger partial charge on any atom is -0.354 e. The summed E-state index contributed by atoms with van der Waals surface area (Å²) in [4.78, 5) is 14.3. The average Bonchev–Trinajstić information content (AvgIpc) is 3.01. The van der Waals surface area contributed by atoms with Crippen LogP contribution in [0, 0.1) is 5.41 Å². The first-order chi connectivity index (χ1) is 7.62. The first-order valence-electron chi connectivity index (χ1n) is 6.31. The van der Waals surface area contributed by atoms with Crippen LogP contribution in [-0.2, 0) is 4.79 Å². The number of rotatable bonds is 5. The zero-order valence-electron chi connectivity index (χ0n) is 11.2. The van der Waals surface area contributed by atoms with Crippen molar-refractivity contribution >= 4 is 30.7 Å². The molecule has 1 heterocycles. The number of halogens is 2. The molecule has 6 heteroatoms. The monoisotopic (exact) mass is 297 g/mol. The van der Waals surface area contributed by atoms with E-state index in [1.165, 1.54) is 12.8 Å². The third kappa shape index (κ3) is 4.57. The van der Waals surface area contributed by atoms with Crippen LogP contribution in [0.1, 0.15) is 26.2 Å². The van der Waals surface area contributed by atoms with Gasteiger partial charge in [0.1, 0.15) is 0 Å². The molecule has 0 spiro atoms. The fourth-order valence-electron chi connectivity index (χ4n) is 2.27. The molecule has 1 atom stereocenters. The molecule has 1 saturated carbocycles. The third-order valence-corrected chi connectivity index (χ3v) is 3.84. The van der Waals surface area contributed by atoms with Gasteiger partial charge in [-0.15, -0.1) is 24.8 Å². The number of carbonyl (C=O) groups excluding carboxylic acids is 1. The van der Waals surface area contributed by atoms with E-state index in [4.69, 9.17) is 0 Å². The van der Waals surface area contributed by atoms with Crippen LogP contribution in [-0.4, -0.2) is 50.1 Å². The van der Waals surface area contributed by atoms with Gasteiger partial charge in [0.15, 0.2) is 0 Å². The van der Waals surface area contributed by atoms with Crippen LogP contribution >= 0.6 is 24.8 Å². The lowest BCUT2D eigenvalue weighted by Gasteiger charge is -2.23. The molecule has 0 radical (unpaired) electrons. The lowest BCUT2D eigenvalue weighted by atomic mass is 9.89. The summed E-state index contributed by atoms with van der Waals surface area (Å²) in [6.07, 6.45) is 3.61. The van der Waals surface area contributed by atoms with Crippen LogP contribution in [0.3, 0.4) is 0 Å². The minimum atomic E-state index is -0.182. The van der Waals surface area contributed by atoms with Crippen molar-refractivity contribution in [3.8, 4) is 0 Å². The Balaban J connectivity index is 0.00000144. The van der Waals surface area contributed by atoms with Crippen LogP contribution in [0.25, 0.3) is 0 Å². The van der Waals surface area contributed by atoms with Gasteiger partial charge in [-0.1, -0.05) is 0 Å². The predicted molar refractivity (Wildman–Crippen MR) is 78.8 cm³/mol. The van der Waals surface area contributed by atoms with Gasteiger partial charge in [-0.2, -0.15) is 0 Å². The van der Waals surface area contributed by atoms with Gasteiger partial charge in [-0.3, -0.25) is 4.79 Å². The van der Waals surface area contributed by atoms with E-state index in [1.54, 1.807) is 0 Å². The van der Waals surface area contributed by atoms with E-state index in [9.17, 15) is 4.79 Å². The molecule has 0 aromatic carbocycles. The van der Waals surface area contributed by atoms with Gasteiger partial charge in [0.25, 0.3) is 0 Å². The van der Waals surface area contributed by atoms with Crippen molar-refractivity contribution in [3.05, 3.63) is 0 Å². The maximum Gasteiger partial charge on any atom is 0.227 e. The molecule has 2 N–H and O–H groups in total. The minimum absolute atomic E-state index is 0. The Morgan fingerprint density at radius 2 is 2.11 bits per heavy atom. The first-order valence-corrected chi connectivity index (χ1v) is 6.31. The van der Waals surface area contributed by atoms with Crippen molar-refractivity contribution in [2.45, 2.75) is 32.2 Å². The average molecular weight is 298 g/mol. The van der Waals surface area contributed by atoms with E-state index in [0.717, 1.165) is 38.6 Å². The molecular formula is C12H25Cl2N3O. The van der Waals surface area contributed by atoms with Gasteiger partial charge < -0.3 is 15.5 Å². The molecule has 1 aliphatic carbocycles. The number of amides is 1. The molecule has 2 rings (SSSR count).